The summed E-state index contributed by atoms with van der Waals surface area (Å²) in [5, 5.41) is 0. The number of halogens is 3. The van der Waals surface area contributed by atoms with Gasteiger partial charge in [0.05, 0.1) is 17.1 Å². The third-order valence-corrected chi connectivity index (χ3v) is 4.38. The zero-order valence-electron chi connectivity index (χ0n) is 11.6. The Labute approximate surface area is 140 Å². The number of nitrogens with two attached hydrogens (primary N) is 1. The van der Waals surface area contributed by atoms with Gasteiger partial charge in [0.1, 0.15) is 11.6 Å². The van der Waals surface area contributed by atoms with E-state index in [1.165, 1.54) is 12.1 Å². The van der Waals surface area contributed by atoms with Crippen molar-refractivity contribution in [1.29, 1.82) is 0 Å². The summed E-state index contributed by atoms with van der Waals surface area (Å²) in [5.74, 6) is 0.508. The Hall–Kier alpha value is -0.910. The van der Waals surface area contributed by atoms with Crippen molar-refractivity contribution >= 4 is 31.9 Å². The second-order valence-electron chi connectivity index (χ2n) is 4.68. The highest BCUT2D eigenvalue weighted by Gasteiger charge is 2.14. The average Bonchev–Trinajstić information content (AvgIpc) is 2.45. The molecule has 112 valence electrons. The molecule has 0 saturated carbocycles. The van der Waals surface area contributed by atoms with E-state index in [0.717, 1.165) is 27.8 Å². The zero-order valence-corrected chi connectivity index (χ0v) is 14.7. The van der Waals surface area contributed by atoms with Crippen LogP contribution in [0.4, 0.5) is 4.39 Å². The van der Waals surface area contributed by atoms with Crippen LogP contribution in [0.1, 0.15) is 30.5 Å². The molecular formula is C16H16Br2FNO. The fraction of sp³-hybridized carbons (Fsp3) is 0.250. The zero-order chi connectivity index (χ0) is 15.4. The maximum Gasteiger partial charge on any atom is 0.133 e. The number of hydrogen-bond donors (Lipinski definition) is 1. The first kappa shape index (κ1) is 16.5. The van der Waals surface area contributed by atoms with Crippen molar-refractivity contribution in [2.24, 2.45) is 5.73 Å². The Morgan fingerprint density at radius 1 is 1.14 bits per heavy atom. The molecule has 0 aliphatic carbocycles. The number of rotatable bonds is 5. The molecule has 2 aromatic rings. The van der Waals surface area contributed by atoms with Gasteiger partial charge in [-0.25, -0.2) is 4.39 Å². The lowest BCUT2D eigenvalue weighted by Gasteiger charge is -2.16. The van der Waals surface area contributed by atoms with Crippen molar-refractivity contribution in [2.45, 2.75) is 19.4 Å². The van der Waals surface area contributed by atoms with E-state index in [4.69, 9.17) is 10.5 Å². The quantitative estimate of drug-likeness (QED) is 0.727. The van der Waals surface area contributed by atoms with Crippen LogP contribution in [0.5, 0.6) is 5.75 Å². The summed E-state index contributed by atoms with van der Waals surface area (Å²) >= 11 is 6.85. The first-order valence-electron chi connectivity index (χ1n) is 6.65. The van der Waals surface area contributed by atoms with Crippen molar-refractivity contribution in [3.63, 3.8) is 0 Å². The Kier molecular flexibility index (Phi) is 5.79. The molecule has 0 heterocycles. The molecule has 2 rings (SSSR count). The van der Waals surface area contributed by atoms with Crippen LogP contribution in [0.2, 0.25) is 0 Å². The van der Waals surface area contributed by atoms with Crippen LogP contribution in [-0.2, 0) is 0 Å². The second kappa shape index (κ2) is 7.38. The van der Waals surface area contributed by atoms with E-state index in [1.54, 1.807) is 6.07 Å². The van der Waals surface area contributed by atoms with Gasteiger partial charge >= 0.3 is 0 Å². The van der Waals surface area contributed by atoms with E-state index in [0.29, 0.717) is 11.1 Å². The molecule has 0 aliphatic rings. The van der Waals surface area contributed by atoms with Crippen LogP contribution in [0.15, 0.2) is 45.3 Å². The number of ether oxygens (including phenoxy) is 1. The average molecular weight is 417 g/mol. The normalized spacial score (nSPS) is 12.2. The van der Waals surface area contributed by atoms with Gasteiger partial charge in [0.25, 0.3) is 0 Å². The van der Waals surface area contributed by atoms with Gasteiger partial charge in [0.15, 0.2) is 0 Å². The second-order valence-corrected chi connectivity index (χ2v) is 6.39. The molecule has 0 fully saturated rings. The van der Waals surface area contributed by atoms with E-state index in [1.807, 2.05) is 18.2 Å². The van der Waals surface area contributed by atoms with Gasteiger partial charge in [-0.1, -0.05) is 35.0 Å². The lowest BCUT2D eigenvalue weighted by Crippen LogP contribution is -2.12. The number of benzene rings is 2. The summed E-state index contributed by atoms with van der Waals surface area (Å²) in [6.07, 6.45) is 0.955. The molecule has 2 aromatic carbocycles. The van der Waals surface area contributed by atoms with Crippen molar-refractivity contribution in [1.82, 2.24) is 0 Å². The van der Waals surface area contributed by atoms with Crippen molar-refractivity contribution < 1.29 is 9.13 Å². The summed E-state index contributed by atoms with van der Waals surface area (Å²) < 4.78 is 20.3. The minimum Gasteiger partial charge on any atom is -0.492 e. The molecule has 5 heteroatoms. The molecule has 0 saturated heterocycles. The maximum absolute atomic E-state index is 13.2. The molecule has 0 radical (unpaired) electrons. The topological polar surface area (TPSA) is 35.2 Å². The summed E-state index contributed by atoms with van der Waals surface area (Å²) in [7, 11) is 0. The van der Waals surface area contributed by atoms with Crippen LogP contribution in [0.25, 0.3) is 0 Å². The third-order valence-electron chi connectivity index (χ3n) is 3.07. The first-order valence-corrected chi connectivity index (χ1v) is 8.24. The van der Waals surface area contributed by atoms with E-state index >= 15 is 0 Å². The number of hydrogen-bond acceptors (Lipinski definition) is 2. The standard InChI is InChI=1S/C16H16Br2FNO/c1-2-7-21-15-6-3-10(8-14(15)18)16(20)12-5-4-11(19)9-13(12)17/h3-6,8-9,16H,2,7,20H2,1H3. The van der Waals surface area contributed by atoms with Gasteiger partial charge in [-0.15, -0.1) is 0 Å². The largest absolute Gasteiger partial charge is 0.492 e. The summed E-state index contributed by atoms with van der Waals surface area (Å²) in [6, 6.07) is 9.95. The minimum atomic E-state index is -0.337. The highest BCUT2D eigenvalue weighted by molar-refractivity contribution is 9.10. The predicted molar refractivity (Wildman–Crippen MR) is 90.1 cm³/mol. The fourth-order valence-corrected chi connectivity index (χ4v) is 3.08. The highest BCUT2D eigenvalue weighted by atomic mass is 79.9. The maximum atomic E-state index is 13.2. The van der Waals surface area contributed by atoms with Gasteiger partial charge in [-0.2, -0.15) is 0 Å². The van der Waals surface area contributed by atoms with Gasteiger partial charge in [0, 0.05) is 4.47 Å². The van der Waals surface area contributed by atoms with Crippen molar-refractivity contribution in [2.75, 3.05) is 6.61 Å². The van der Waals surface area contributed by atoms with Gasteiger partial charge in [-0.3, -0.25) is 0 Å². The molecule has 0 amide bonds. The fourth-order valence-electron chi connectivity index (χ4n) is 1.97. The molecule has 0 aliphatic heterocycles. The summed E-state index contributed by atoms with van der Waals surface area (Å²) in [4.78, 5) is 0. The van der Waals surface area contributed by atoms with Crippen molar-refractivity contribution in [3.05, 3.63) is 62.3 Å². The Morgan fingerprint density at radius 3 is 2.52 bits per heavy atom. The third kappa shape index (κ3) is 4.05. The van der Waals surface area contributed by atoms with E-state index < -0.39 is 0 Å². The van der Waals surface area contributed by atoms with E-state index in [9.17, 15) is 4.39 Å². The molecule has 2 nitrogen and oxygen atoms in total. The molecule has 0 bridgehead atoms. The molecule has 2 N–H and O–H groups in total. The smallest absolute Gasteiger partial charge is 0.133 e. The highest BCUT2D eigenvalue weighted by Crippen LogP contribution is 2.32. The molecule has 1 atom stereocenters. The molecular weight excluding hydrogens is 401 g/mol. The monoisotopic (exact) mass is 415 g/mol. The van der Waals surface area contributed by atoms with E-state index in [2.05, 4.69) is 38.8 Å². The van der Waals surface area contributed by atoms with Crippen LogP contribution < -0.4 is 10.5 Å². The molecule has 21 heavy (non-hydrogen) atoms. The van der Waals surface area contributed by atoms with Crippen LogP contribution in [-0.4, -0.2) is 6.61 Å². The first-order chi connectivity index (χ1) is 10.0. The molecule has 0 spiro atoms. The molecule has 1 unspecified atom stereocenters. The Balaban J connectivity index is 2.27. The predicted octanol–water partition coefficient (Wildman–Crippen LogP) is 5.19. The van der Waals surface area contributed by atoms with Gasteiger partial charge in [-0.05, 0) is 57.7 Å². The van der Waals surface area contributed by atoms with Crippen LogP contribution in [0.3, 0.4) is 0 Å². The van der Waals surface area contributed by atoms with Gasteiger partial charge < -0.3 is 10.5 Å². The Morgan fingerprint density at radius 2 is 1.90 bits per heavy atom. The minimum absolute atomic E-state index is 0.290. The van der Waals surface area contributed by atoms with Gasteiger partial charge in [0.2, 0.25) is 0 Å². The SMILES string of the molecule is CCCOc1ccc(C(N)c2ccc(F)cc2Br)cc1Br. The lowest BCUT2D eigenvalue weighted by molar-refractivity contribution is 0.315. The molecule has 0 aromatic heterocycles. The lowest BCUT2D eigenvalue weighted by atomic mass is 9.99. The summed E-state index contributed by atoms with van der Waals surface area (Å²) in [5.41, 5.74) is 8.04. The van der Waals surface area contributed by atoms with Crippen LogP contribution in [0, 0.1) is 5.82 Å². The van der Waals surface area contributed by atoms with Crippen molar-refractivity contribution in [3.8, 4) is 5.75 Å². The summed E-state index contributed by atoms with van der Waals surface area (Å²) in [6.45, 7) is 2.73. The Bertz CT molecular complexity index is 634. The van der Waals surface area contributed by atoms with Crippen LogP contribution >= 0.6 is 31.9 Å². The van der Waals surface area contributed by atoms with E-state index in [-0.39, 0.29) is 11.9 Å².